The predicted octanol–water partition coefficient (Wildman–Crippen LogP) is 1.88. The van der Waals surface area contributed by atoms with Gasteiger partial charge in [0.05, 0.1) is 26.0 Å². The number of carbonyl (C=O) groups excluding carboxylic acids is 1. The molecular weight excluding hydrogens is 356 g/mol. The van der Waals surface area contributed by atoms with Gasteiger partial charge in [0.1, 0.15) is 5.75 Å². The van der Waals surface area contributed by atoms with E-state index in [4.69, 9.17) is 9.47 Å². The van der Waals surface area contributed by atoms with E-state index in [1.807, 2.05) is 23.1 Å². The number of carbonyl (C=O) groups is 1. The number of methoxy groups -OCH3 is 1. The van der Waals surface area contributed by atoms with E-state index < -0.39 is 0 Å². The number of benzene rings is 1. The zero-order chi connectivity index (χ0) is 19.9. The van der Waals surface area contributed by atoms with Crippen LogP contribution in [0.3, 0.4) is 0 Å². The summed E-state index contributed by atoms with van der Waals surface area (Å²) >= 11 is 0. The second kappa shape index (κ2) is 9.98. The minimum atomic E-state index is 0.0404. The molecule has 2 heterocycles. The quantitative estimate of drug-likeness (QED) is 0.804. The summed E-state index contributed by atoms with van der Waals surface area (Å²) in [5.74, 6) is 1.37. The maximum absolute atomic E-state index is 12.7. The third kappa shape index (κ3) is 5.08. The Bertz CT molecular complexity index is 626. The Morgan fingerprint density at radius 1 is 1.11 bits per heavy atom. The van der Waals surface area contributed by atoms with Gasteiger partial charge in [0.15, 0.2) is 0 Å². The molecule has 2 amide bonds. The summed E-state index contributed by atoms with van der Waals surface area (Å²) in [5.41, 5.74) is 1.09. The second-order valence-electron chi connectivity index (χ2n) is 7.79. The number of urea groups is 1. The fourth-order valence-electron chi connectivity index (χ4n) is 4.04. The first-order valence-corrected chi connectivity index (χ1v) is 10.3. The van der Waals surface area contributed by atoms with Gasteiger partial charge >= 0.3 is 6.03 Å². The number of nitrogens with one attached hydrogen (secondary N) is 1. The molecule has 1 unspecified atom stereocenters. The number of para-hydroxylation sites is 2. The average Bonchev–Trinajstić information content (AvgIpc) is 2.74. The maximum Gasteiger partial charge on any atom is 0.317 e. The Hall–Kier alpha value is -1.99. The maximum atomic E-state index is 12.7. The van der Waals surface area contributed by atoms with Crippen LogP contribution in [0.25, 0.3) is 0 Å². The van der Waals surface area contributed by atoms with Gasteiger partial charge < -0.3 is 24.6 Å². The molecule has 0 radical (unpaired) electrons. The van der Waals surface area contributed by atoms with Crippen LogP contribution in [0.1, 0.15) is 13.8 Å². The van der Waals surface area contributed by atoms with E-state index in [2.05, 4.69) is 35.0 Å². The first-order chi connectivity index (χ1) is 13.6. The molecule has 0 aromatic heterocycles. The monoisotopic (exact) mass is 390 g/mol. The van der Waals surface area contributed by atoms with E-state index in [0.29, 0.717) is 31.6 Å². The second-order valence-corrected chi connectivity index (χ2v) is 7.79. The number of nitrogens with zero attached hydrogens (tertiary/aromatic N) is 3. The van der Waals surface area contributed by atoms with Crippen molar-refractivity contribution in [1.29, 1.82) is 0 Å². The van der Waals surface area contributed by atoms with Gasteiger partial charge in [-0.05, 0) is 18.1 Å². The van der Waals surface area contributed by atoms with Gasteiger partial charge in [-0.15, -0.1) is 0 Å². The van der Waals surface area contributed by atoms with Crippen LogP contribution in [0.15, 0.2) is 24.3 Å². The number of rotatable bonds is 6. The Labute approximate surface area is 168 Å². The molecule has 0 saturated carbocycles. The van der Waals surface area contributed by atoms with E-state index >= 15 is 0 Å². The van der Waals surface area contributed by atoms with E-state index in [1.165, 1.54) is 0 Å². The van der Waals surface area contributed by atoms with Crippen LogP contribution in [0.4, 0.5) is 10.5 Å². The van der Waals surface area contributed by atoms with Crippen molar-refractivity contribution in [3.8, 4) is 5.75 Å². The molecule has 2 saturated heterocycles. The van der Waals surface area contributed by atoms with Gasteiger partial charge in [-0.1, -0.05) is 26.0 Å². The molecule has 1 aromatic rings. The fraction of sp³-hybridized carbons (Fsp3) is 0.667. The normalized spacial score (nSPS) is 19.6. The van der Waals surface area contributed by atoms with Gasteiger partial charge in [-0.2, -0.15) is 0 Å². The highest BCUT2D eigenvalue weighted by atomic mass is 16.5. The minimum absolute atomic E-state index is 0.0404. The summed E-state index contributed by atoms with van der Waals surface area (Å²) in [5, 5.41) is 3.17. The molecule has 28 heavy (non-hydrogen) atoms. The number of hydrogen-bond acceptors (Lipinski definition) is 5. The first-order valence-electron chi connectivity index (χ1n) is 10.3. The molecule has 1 N–H and O–H groups in total. The molecule has 0 bridgehead atoms. The van der Waals surface area contributed by atoms with Crippen LogP contribution in [0.2, 0.25) is 0 Å². The van der Waals surface area contributed by atoms with Crippen LogP contribution in [-0.2, 0) is 4.74 Å². The third-order valence-electron chi connectivity index (χ3n) is 5.74. The number of morpholine rings is 1. The molecule has 2 fully saturated rings. The standard InChI is InChI=1S/C21H34N4O3/c1-17(2)19(24-12-14-28-15-13-24)16-22-21(26)25-10-8-23(9-11-25)18-6-4-5-7-20(18)27-3/h4-7,17,19H,8-16H2,1-3H3,(H,22,26). The van der Waals surface area contributed by atoms with Crippen molar-refractivity contribution in [1.82, 2.24) is 15.1 Å². The molecule has 2 aliphatic heterocycles. The lowest BCUT2D eigenvalue weighted by Gasteiger charge is -2.39. The first kappa shape index (κ1) is 20.7. The van der Waals surface area contributed by atoms with Crippen LogP contribution in [0, 0.1) is 5.92 Å². The number of anilines is 1. The number of hydrogen-bond donors (Lipinski definition) is 1. The Morgan fingerprint density at radius 3 is 2.43 bits per heavy atom. The smallest absolute Gasteiger partial charge is 0.317 e. The van der Waals surface area contributed by atoms with Gasteiger partial charge in [-0.3, -0.25) is 4.90 Å². The summed E-state index contributed by atoms with van der Waals surface area (Å²) in [6.07, 6.45) is 0. The van der Waals surface area contributed by atoms with Gasteiger partial charge in [0, 0.05) is 51.9 Å². The Balaban J connectivity index is 1.49. The van der Waals surface area contributed by atoms with Crippen LogP contribution in [0.5, 0.6) is 5.75 Å². The van der Waals surface area contributed by atoms with Crippen molar-refractivity contribution in [2.75, 3.05) is 71.0 Å². The van der Waals surface area contributed by atoms with Crippen molar-refractivity contribution in [3.63, 3.8) is 0 Å². The van der Waals surface area contributed by atoms with Crippen molar-refractivity contribution in [2.45, 2.75) is 19.9 Å². The van der Waals surface area contributed by atoms with Crippen molar-refractivity contribution in [2.24, 2.45) is 5.92 Å². The highest BCUT2D eigenvalue weighted by molar-refractivity contribution is 5.74. The average molecular weight is 391 g/mol. The third-order valence-corrected chi connectivity index (χ3v) is 5.74. The minimum Gasteiger partial charge on any atom is -0.495 e. The lowest BCUT2D eigenvalue weighted by Crippen LogP contribution is -2.55. The number of ether oxygens (including phenoxy) is 2. The summed E-state index contributed by atoms with van der Waals surface area (Å²) < 4.78 is 10.9. The summed E-state index contributed by atoms with van der Waals surface area (Å²) in [6, 6.07) is 8.44. The molecule has 7 nitrogen and oxygen atoms in total. The van der Waals surface area contributed by atoms with E-state index in [9.17, 15) is 4.79 Å². The van der Waals surface area contributed by atoms with Crippen molar-refractivity contribution in [3.05, 3.63) is 24.3 Å². The molecular formula is C21H34N4O3. The van der Waals surface area contributed by atoms with Gasteiger partial charge in [-0.25, -0.2) is 4.79 Å². The topological polar surface area (TPSA) is 57.3 Å². The largest absolute Gasteiger partial charge is 0.495 e. The van der Waals surface area contributed by atoms with E-state index in [-0.39, 0.29) is 6.03 Å². The van der Waals surface area contributed by atoms with Crippen LogP contribution < -0.4 is 15.0 Å². The lowest BCUT2D eigenvalue weighted by molar-refractivity contribution is 0.00693. The summed E-state index contributed by atoms with van der Waals surface area (Å²) in [4.78, 5) is 19.3. The highest BCUT2D eigenvalue weighted by Crippen LogP contribution is 2.28. The summed E-state index contributed by atoms with van der Waals surface area (Å²) in [6.45, 7) is 11.6. The Kier molecular flexibility index (Phi) is 7.39. The molecule has 0 spiro atoms. The zero-order valence-corrected chi connectivity index (χ0v) is 17.4. The van der Waals surface area contributed by atoms with Gasteiger partial charge in [0.2, 0.25) is 0 Å². The molecule has 2 aliphatic rings. The number of amides is 2. The molecule has 0 aliphatic carbocycles. The highest BCUT2D eigenvalue weighted by Gasteiger charge is 2.26. The zero-order valence-electron chi connectivity index (χ0n) is 17.4. The molecule has 1 aromatic carbocycles. The van der Waals surface area contributed by atoms with Crippen LogP contribution in [-0.4, -0.2) is 88.0 Å². The van der Waals surface area contributed by atoms with Crippen LogP contribution >= 0.6 is 0 Å². The van der Waals surface area contributed by atoms with Crippen molar-refractivity contribution < 1.29 is 14.3 Å². The lowest BCUT2D eigenvalue weighted by atomic mass is 10.0. The fourth-order valence-corrected chi connectivity index (χ4v) is 4.04. The van der Waals surface area contributed by atoms with E-state index in [1.54, 1.807) is 7.11 Å². The molecule has 1 atom stereocenters. The molecule has 156 valence electrons. The van der Waals surface area contributed by atoms with Crippen molar-refractivity contribution >= 4 is 11.7 Å². The SMILES string of the molecule is COc1ccccc1N1CCN(C(=O)NCC(C(C)C)N2CCOCC2)CC1. The summed E-state index contributed by atoms with van der Waals surface area (Å²) in [7, 11) is 1.70. The molecule has 3 rings (SSSR count). The van der Waals surface area contributed by atoms with Gasteiger partial charge in [0.25, 0.3) is 0 Å². The predicted molar refractivity (Wildman–Crippen MR) is 111 cm³/mol. The van der Waals surface area contributed by atoms with E-state index in [0.717, 1.165) is 50.8 Å². The number of piperazine rings is 1. The Morgan fingerprint density at radius 2 is 1.79 bits per heavy atom. The molecule has 7 heteroatoms.